The Balaban J connectivity index is 2.15. The van der Waals surface area contributed by atoms with Crippen LogP contribution in [0, 0.1) is 5.92 Å². The largest absolute Gasteiger partial charge is 0.468 e. The number of ether oxygens (including phenoxy) is 1. The van der Waals surface area contributed by atoms with Crippen molar-refractivity contribution in [2.45, 2.75) is 57.7 Å². The third-order valence-corrected chi connectivity index (χ3v) is 3.96. The maximum Gasteiger partial charge on any atom is 0.323 e. The van der Waals surface area contributed by atoms with Crippen molar-refractivity contribution in [3.05, 3.63) is 0 Å². The molecule has 0 aromatic carbocycles. The van der Waals surface area contributed by atoms with Crippen LogP contribution in [0.15, 0.2) is 0 Å². The number of rotatable bonds is 2. The number of carbonyl (C=O) groups is 1. The van der Waals surface area contributed by atoms with Gasteiger partial charge in [-0.2, -0.15) is 0 Å². The number of hydrogen-bond donors (Lipinski definition) is 0. The molecular formula is C12H21NO2. The van der Waals surface area contributed by atoms with Gasteiger partial charge in [0.2, 0.25) is 0 Å². The fraction of sp³-hybridized carbons (Fsp3) is 0.917. The number of methoxy groups -OCH3 is 1. The second-order valence-electron chi connectivity index (χ2n) is 5.07. The molecule has 1 saturated heterocycles. The molecule has 86 valence electrons. The molecule has 0 bridgehead atoms. The van der Waals surface area contributed by atoms with Crippen LogP contribution in [0.2, 0.25) is 0 Å². The first-order chi connectivity index (χ1) is 7.15. The number of hydrogen-bond acceptors (Lipinski definition) is 3. The van der Waals surface area contributed by atoms with E-state index in [1.54, 1.807) is 0 Å². The molecule has 0 amide bonds. The van der Waals surface area contributed by atoms with Crippen LogP contribution in [-0.2, 0) is 9.53 Å². The van der Waals surface area contributed by atoms with E-state index in [-0.39, 0.29) is 12.0 Å². The van der Waals surface area contributed by atoms with Gasteiger partial charge in [-0.15, -0.1) is 0 Å². The summed E-state index contributed by atoms with van der Waals surface area (Å²) in [4.78, 5) is 14.1. The first kappa shape index (κ1) is 10.9. The number of likely N-dealkylation sites (tertiary alicyclic amines) is 1. The molecule has 0 spiro atoms. The predicted molar refractivity (Wildman–Crippen MR) is 58.5 cm³/mol. The highest BCUT2D eigenvalue weighted by atomic mass is 16.5. The molecular weight excluding hydrogens is 190 g/mol. The molecule has 0 unspecified atom stereocenters. The zero-order valence-corrected chi connectivity index (χ0v) is 9.90. The van der Waals surface area contributed by atoms with E-state index >= 15 is 0 Å². The molecule has 3 atom stereocenters. The van der Waals surface area contributed by atoms with E-state index in [2.05, 4.69) is 18.7 Å². The Hall–Kier alpha value is -0.570. The lowest BCUT2D eigenvalue weighted by Crippen LogP contribution is -2.45. The van der Waals surface area contributed by atoms with Crippen LogP contribution >= 0.6 is 0 Å². The Morgan fingerprint density at radius 2 is 2.13 bits per heavy atom. The first-order valence-electron chi connectivity index (χ1n) is 6.00. The normalized spacial score (nSPS) is 35.9. The summed E-state index contributed by atoms with van der Waals surface area (Å²) in [7, 11) is 1.49. The fourth-order valence-corrected chi connectivity index (χ4v) is 3.42. The molecule has 3 nitrogen and oxygen atoms in total. The molecule has 2 rings (SSSR count). The van der Waals surface area contributed by atoms with Gasteiger partial charge >= 0.3 is 5.97 Å². The van der Waals surface area contributed by atoms with Gasteiger partial charge in [0.15, 0.2) is 0 Å². The van der Waals surface area contributed by atoms with E-state index in [9.17, 15) is 4.79 Å². The number of fused-ring (bicyclic) bond motifs is 1. The standard InChI is InChI=1S/C12H21NO2/c1-8(2)13-10-6-4-5-9(10)7-11(13)12(14)15-3/h8-11H,4-7H2,1-3H3/t9-,10-,11-/m0/s1. The lowest BCUT2D eigenvalue weighted by Gasteiger charge is -2.31. The Morgan fingerprint density at radius 3 is 2.73 bits per heavy atom. The van der Waals surface area contributed by atoms with Gasteiger partial charge in [0.05, 0.1) is 7.11 Å². The zero-order chi connectivity index (χ0) is 11.0. The Morgan fingerprint density at radius 1 is 1.40 bits per heavy atom. The van der Waals surface area contributed by atoms with Crippen molar-refractivity contribution in [1.82, 2.24) is 4.90 Å². The van der Waals surface area contributed by atoms with Crippen LogP contribution in [0.25, 0.3) is 0 Å². The highest BCUT2D eigenvalue weighted by molar-refractivity contribution is 5.76. The molecule has 15 heavy (non-hydrogen) atoms. The topological polar surface area (TPSA) is 29.5 Å². The van der Waals surface area contributed by atoms with Gasteiger partial charge in [-0.25, -0.2) is 0 Å². The highest BCUT2D eigenvalue weighted by Gasteiger charge is 2.47. The van der Waals surface area contributed by atoms with Crippen LogP contribution in [0.5, 0.6) is 0 Å². The van der Waals surface area contributed by atoms with E-state index in [0.29, 0.717) is 12.1 Å². The third kappa shape index (κ3) is 1.78. The Kier molecular flexibility index (Phi) is 3.01. The van der Waals surface area contributed by atoms with Gasteiger partial charge < -0.3 is 4.74 Å². The summed E-state index contributed by atoms with van der Waals surface area (Å²) in [6.45, 7) is 4.35. The highest BCUT2D eigenvalue weighted by Crippen LogP contribution is 2.42. The minimum atomic E-state index is -0.0434. The van der Waals surface area contributed by atoms with Gasteiger partial charge in [-0.3, -0.25) is 9.69 Å². The number of esters is 1. The van der Waals surface area contributed by atoms with Gasteiger partial charge in [0.25, 0.3) is 0 Å². The maximum atomic E-state index is 11.7. The van der Waals surface area contributed by atoms with E-state index in [4.69, 9.17) is 4.74 Å². The van der Waals surface area contributed by atoms with Gasteiger partial charge in [-0.05, 0) is 39.0 Å². The van der Waals surface area contributed by atoms with E-state index in [0.717, 1.165) is 12.3 Å². The second-order valence-corrected chi connectivity index (χ2v) is 5.07. The molecule has 1 heterocycles. The second kappa shape index (κ2) is 4.12. The number of nitrogens with zero attached hydrogens (tertiary/aromatic N) is 1. The summed E-state index contributed by atoms with van der Waals surface area (Å²) in [6, 6.07) is 1.10. The van der Waals surface area contributed by atoms with Crippen molar-refractivity contribution < 1.29 is 9.53 Å². The quantitative estimate of drug-likeness (QED) is 0.652. The van der Waals surface area contributed by atoms with Crippen LogP contribution in [0.1, 0.15) is 39.5 Å². The van der Waals surface area contributed by atoms with Crippen molar-refractivity contribution in [1.29, 1.82) is 0 Å². The lowest BCUT2D eigenvalue weighted by atomic mass is 10.0. The van der Waals surface area contributed by atoms with Crippen LogP contribution < -0.4 is 0 Å². The van der Waals surface area contributed by atoms with E-state index in [1.165, 1.54) is 26.4 Å². The SMILES string of the molecule is COC(=O)[C@@H]1C[C@@H]2CCC[C@@H]2N1C(C)C. The Bertz CT molecular complexity index is 252. The van der Waals surface area contributed by atoms with Crippen LogP contribution in [0.4, 0.5) is 0 Å². The summed E-state index contributed by atoms with van der Waals surface area (Å²) in [5.74, 6) is 0.689. The number of carbonyl (C=O) groups excluding carboxylic acids is 1. The van der Waals surface area contributed by atoms with Crippen LogP contribution in [-0.4, -0.2) is 36.1 Å². The molecule has 1 aliphatic heterocycles. The smallest absolute Gasteiger partial charge is 0.323 e. The van der Waals surface area contributed by atoms with Crippen LogP contribution in [0.3, 0.4) is 0 Å². The predicted octanol–water partition coefficient (Wildman–Crippen LogP) is 1.81. The maximum absolute atomic E-state index is 11.7. The summed E-state index contributed by atoms with van der Waals surface area (Å²) in [5, 5.41) is 0. The van der Waals surface area contributed by atoms with E-state index in [1.807, 2.05) is 0 Å². The van der Waals surface area contributed by atoms with Gasteiger partial charge in [0.1, 0.15) is 6.04 Å². The third-order valence-electron chi connectivity index (χ3n) is 3.96. The monoisotopic (exact) mass is 211 g/mol. The molecule has 0 aromatic rings. The zero-order valence-electron chi connectivity index (χ0n) is 9.90. The first-order valence-corrected chi connectivity index (χ1v) is 6.00. The molecule has 2 fully saturated rings. The minimum Gasteiger partial charge on any atom is -0.468 e. The molecule has 0 radical (unpaired) electrons. The molecule has 0 aromatic heterocycles. The average molecular weight is 211 g/mol. The molecule has 0 N–H and O–H groups in total. The van der Waals surface area contributed by atoms with Crippen molar-refractivity contribution >= 4 is 5.97 Å². The summed E-state index contributed by atoms with van der Waals surface area (Å²) >= 11 is 0. The van der Waals surface area contributed by atoms with Gasteiger partial charge in [-0.1, -0.05) is 6.42 Å². The molecule has 1 saturated carbocycles. The fourth-order valence-electron chi connectivity index (χ4n) is 3.42. The van der Waals surface area contributed by atoms with Gasteiger partial charge in [0, 0.05) is 12.1 Å². The summed E-state index contributed by atoms with van der Waals surface area (Å²) in [5.41, 5.74) is 0. The van der Waals surface area contributed by atoms with Crippen molar-refractivity contribution in [3.8, 4) is 0 Å². The van der Waals surface area contributed by atoms with Crippen molar-refractivity contribution in [2.75, 3.05) is 7.11 Å². The average Bonchev–Trinajstić information content (AvgIpc) is 2.73. The Labute approximate surface area is 91.8 Å². The molecule has 3 heteroatoms. The lowest BCUT2D eigenvalue weighted by molar-refractivity contribution is -0.147. The molecule has 2 aliphatic rings. The minimum absolute atomic E-state index is 0.0188. The van der Waals surface area contributed by atoms with E-state index < -0.39 is 0 Å². The molecule has 1 aliphatic carbocycles. The van der Waals surface area contributed by atoms with Crippen molar-refractivity contribution in [2.24, 2.45) is 5.92 Å². The summed E-state index contributed by atoms with van der Waals surface area (Å²) < 4.78 is 4.90. The summed E-state index contributed by atoms with van der Waals surface area (Å²) in [6.07, 6.45) is 4.89. The van der Waals surface area contributed by atoms with Crippen molar-refractivity contribution in [3.63, 3.8) is 0 Å².